The molecule has 0 amide bonds. The summed E-state index contributed by atoms with van der Waals surface area (Å²) in [6, 6.07) is 16.2. The number of carboxylic acid groups (broad SMARTS) is 1. The van der Waals surface area contributed by atoms with Crippen molar-refractivity contribution in [2.75, 3.05) is 0 Å². The molecule has 0 unspecified atom stereocenters. The topological polar surface area (TPSA) is 71.7 Å². The van der Waals surface area contributed by atoms with Gasteiger partial charge in [0, 0.05) is 17.4 Å². The van der Waals surface area contributed by atoms with E-state index in [-0.39, 0.29) is 17.3 Å². The van der Waals surface area contributed by atoms with Crippen molar-refractivity contribution in [3.05, 3.63) is 94.4 Å². The third kappa shape index (κ3) is 3.72. The van der Waals surface area contributed by atoms with Gasteiger partial charge in [-0.3, -0.25) is 0 Å². The maximum Gasteiger partial charge on any atom is 0.356 e. The van der Waals surface area contributed by atoms with Crippen molar-refractivity contribution in [3.63, 3.8) is 0 Å². The second-order valence-electron chi connectivity index (χ2n) is 7.33. The van der Waals surface area contributed by atoms with Gasteiger partial charge in [-0.2, -0.15) is 4.73 Å². The molecule has 0 saturated carbocycles. The molecule has 1 aromatic heterocycles. The molecule has 0 spiro atoms. The first-order valence-corrected chi connectivity index (χ1v) is 9.42. The first kappa shape index (κ1) is 19.5. The lowest BCUT2D eigenvalue weighted by Crippen LogP contribution is -2.13. The van der Waals surface area contributed by atoms with Gasteiger partial charge in [-0.25, -0.2) is 9.18 Å². The molecule has 0 saturated heterocycles. The lowest BCUT2D eigenvalue weighted by Gasteiger charge is -2.13. The number of aryl methyl sites for hydroxylation is 2. The van der Waals surface area contributed by atoms with E-state index < -0.39 is 5.97 Å². The Kier molecular flexibility index (Phi) is 4.91. The molecule has 0 atom stereocenters. The number of phenolic OH excluding ortho intramolecular Hbond substituents is 1. The Morgan fingerprint density at radius 2 is 1.77 bits per heavy atom. The minimum Gasteiger partial charge on any atom is -0.508 e. The van der Waals surface area contributed by atoms with E-state index in [2.05, 4.69) is 0 Å². The number of fused-ring (bicyclic) bond motifs is 1. The SMILES string of the molecule is Cc1cc(C)c2cc(C(=O)O)n(Oc3ccc(O)c(Cc4ccc(F)cc4)c3)c2c1. The maximum absolute atomic E-state index is 13.1. The third-order valence-corrected chi connectivity index (χ3v) is 5.00. The molecule has 0 fully saturated rings. The first-order valence-electron chi connectivity index (χ1n) is 9.42. The second kappa shape index (κ2) is 7.55. The van der Waals surface area contributed by atoms with Gasteiger partial charge in [-0.1, -0.05) is 18.2 Å². The van der Waals surface area contributed by atoms with Gasteiger partial charge in [-0.15, -0.1) is 0 Å². The number of aromatic carboxylic acids is 1. The second-order valence-corrected chi connectivity index (χ2v) is 7.33. The molecule has 5 nitrogen and oxygen atoms in total. The van der Waals surface area contributed by atoms with Crippen LogP contribution in [0.25, 0.3) is 10.9 Å². The number of halogens is 1. The van der Waals surface area contributed by atoms with E-state index in [0.29, 0.717) is 23.3 Å². The summed E-state index contributed by atoms with van der Waals surface area (Å²) in [6.45, 7) is 3.86. The van der Waals surface area contributed by atoms with Gasteiger partial charge in [0.1, 0.15) is 11.6 Å². The summed E-state index contributed by atoms with van der Waals surface area (Å²) in [4.78, 5) is 17.7. The lowest BCUT2D eigenvalue weighted by molar-refractivity contribution is 0.0659. The highest BCUT2D eigenvalue weighted by Gasteiger charge is 2.18. The first-order chi connectivity index (χ1) is 14.3. The minimum atomic E-state index is -1.10. The van der Waals surface area contributed by atoms with Crippen molar-refractivity contribution >= 4 is 16.9 Å². The van der Waals surface area contributed by atoms with Gasteiger partial charge in [0.05, 0.1) is 5.52 Å². The normalized spacial score (nSPS) is 11.0. The highest BCUT2D eigenvalue weighted by Crippen LogP contribution is 2.29. The van der Waals surface area contributed by atoms with Crippen molar-refractivity contribution in [1.82, 2.24) is 4.73 Å². The molecule has 1 heterocycles. The van der Waals surface area contributed by atoms with Gasteiger partial charge in [-0.05, 0) is 73.0 Å². The molecule has 4 aromatic rings. The van der Waals surface area contributed by atoms with Crippen molar-refractivity contribution in [2.24, 2.45) is 0 Å². The van der Waals surface area contributed by atoms with E-state index in [0.717, 1.165) is 22.1 Å². The third-order valence-electron chi connectivity index (χ3n) is 5.00. The Morgan fingerprint density at radius 3 is 2.47 bits per heavy atom. The summed E-state index contributed by atoms with van der Waals surface area (Å²) >= 11 is 0. The number of rotatable bonds is 5. The van der Waals surface area contributed by atoms with Gasteiger partial charge < -0.3 is 15.1 Å². The van der Waals surface area contributed by atoms with E-state index in [4.69, 9.17) is 4.84 Å². The van der Waals surface area contributed by atoms with Crippen LogP contribution in [0.1, 0.15) is 32.7 Å². The molecule has 2 N–H and O–H groups in total. The van der Waals surface area contributed by atoms with E-state index in [1.165, 1.54) is 22.9 Å². The molecule has 3 aromatic carbocycles. The highest BCUT2D eigenvalue weighted by molar-refractivity contribution is 5.95. The summed E-state index contributed by atoms with van der Waals surface area (Å²) < 4.78 is 14.4. The molecule has 0 aliphatic heterocycles. The molecule has 6 heteroatoms. The molecular formula is C24H20FNO4. The molecular weight excluding hydrogens is 385 g/mol. The number of aromatic nitrogens is 1. The average Bonchev–Trinajstić information content (AvgIpc) is 3.05. The van der Waals surface area contributed by atoms with Gasteiger partial charge in [0.2, 0.25) is 0 Å². The lowest BCUT2D eigenvalue weighted by atomic mass is 10.0. The fraction of sp³-hybridized carbons (Fsp3) is 0.125. The summed E-state index contributed by atoms with van der Waals surface area (Å²) in [5.74, 6) is -0.974. The fourth-order valence-corrected chi connectivity index (χ4v) is 3.57. The van der Waals surface area contributed by atoms with Crippen LogP contribution in [0.15, 0.2) is 60.7 Å². The van der Waals surface area contributed by atoms with Crippen molar-refractivity contribution in [1.29, 1.82) is 0 Å². The van der Waals surface area contributed by atoms with Crippen LogP contribution in [-0.2, 0) is 6.42 Å². The average molecular weight is 405 g/mol. The zero-order valence-electron chi connectivity index (χ0n) is 16.5. The van der Waals surface area contributed by atoms with Crippen LogP contribution < -0.4 is 4.84 Å². The predicted molar refractivity (Wildman–Crippen MR) is 112 cm³/mol. The van der Waals surface area contributed by atoms with Gasteiger partial charge in [0.25, 0.3) is 0 Å². The minimum absolute atomic E-state index is 0.00635. The van der Waals surface area contributed by atoms with Gasteiger partial charge in [0.15, 0.2) is 11.4 Å². The van der Waals surface area contributed by atoms with Crippen LogP contribution in [0.5, 0.6) is 11.5 Å². The quantitative estimate of drug-likeness (QED) is 0.477. The number of nitrogens with zero attached hydrogens (tertiary/aromatic N) is 1. The largest absolute Gasteiger partial charge is 0.508 e. The smallest absolute Gasteiger partial charge is 0.356 e. The number of hydrogen-bond donors (Lipinski definition) is 2. The molecule has 0 aliphatic carbocycles. The van der Waals surface area contributed by atoms with E-state index in [1.807, 2.05) is 26.0 Å². The molecule has 4 rings (SSSR count). The predicted octanol–water partition coefficient (Wildman–Crippen LogP) is 5.23. The Balaban J connectivity index is 1.74. The van der Waals surface area contributed by atoms with Crippen LogP contribution in [0.2, 0.25) is 0 Å². The van der Waals surface area contributed by atoms with Crippen molar-refractivity contribution in [3.8, 4) is 11.5 Å². The Bertz CT molecular complexity index is 1260. The Hall–Kier alpha value is -3.80. The molecule has 0 radical (unpaired) electrons. The van der Waals surface area contributed by atoms with Crippen LogP contribution in [0.4, 0.5) is 4.39 Å². The van der Waals surface area contributed by atoms with Crippen LogP contribution in [0, 0.1) is 19.7 Å². The van der Waals surface area contributed by atoms with Gasteiger partial charge >= 0.3 is 5.97 Å². The number of hydrogen-bond acceptors (Lipinski definition) is 3. The highest BCUT2D eigenvalue weighted by atomic mass is 19.1. The monoisotopic (exact) mass is 405 g/mol. The summed E-state index contributed by atoms with van der Waals surface area (Å²) in [7, 11) is 0. The molecule has 0 aliphatic rings. The van der Waals surface area contributed by atoms with Crippen molar-refractivity contribution < 1.29 is 24.2 Å². The summed E-state index contributed by atoms with van der Waals surface area (Å²) in [6.07, 6.45) is 0.375. The van der Waals surface area contributed by atoms with Crippen LogP contribution in [0.3, 0.4) is 0 Å². The zero-order valence-corrected chi connectivity index (χ0v) is 16.5. The Morgan fingerprint density at radius 1 is 1.03 bits per heavy atom. The maximum atomic E-state index is 13.1. The molecule has 0 bridgehead atoms. The van der Waals surface area contributed by atoms with E-state index in [1.54, 1.807) is 30.3 Å². The molecule has 152 valence electrons. The molecule has 30 heavy (non-hydrogen) atoms. The van der Waals surface area contributed by atoms with E-state index in [9.17, 15) is 19.4 Å². The number of benzene rings is 3. The zero-order chi connectivity index (χ0) is 21.4. The summed E-state index contributed by atoms with van der Waals surface area (Å²) in [5, 5.41) is 20.7. The summed E-state index contributed by atoms with van der Waals surface area (Å²) in [5.41, 5.74) is 4.01. The fourth-order valence-electron chi connectivity index (χ4n) is 3.57. The van der Waals surface area contributed by atoms with Crippen LogP contribution >= 0.6 is 0 Å². The number of carbonyl (C=O) groups is 1. The number of aromatic hydroxyl groups is 1. The standard InChI is InChI=1S/C24H20FNO4/c1-14-9-15(2)20-13-22(24(28)29)26(21(20)10-14)30-19-7-8-23(27)17(12-19)11-16-3-5-18(25)6-4-16/h3-10,12-13,27H,11H2,1-2H3,(H,28,29). The van der Waals surface area contributed by atoms with Crippen LogP contribution in [-0.4, -0.2) is 20.9 Å². The number of carboxylic acids is 1. The Labute approximate surface area is 172 Å². The van der Waals surface area contributed by atoms with Crippen molar-refractivity contribution in [2.45, 2.75) is 20.3 Å². The van der Waals surface area contributed by atoms with E-state index >= 15 is 0 Å². The number of phenols is 1.